The minimum Gasteiger partial charge on any atom is -0.366 e. The fourth-order valence-corrected chi connectivity index (χ4v) is 2.77. The molecule has 0 atom stereocenters. The molecule has 0 saturated heterocycles. The fourth-order valence-electron chi connectivity index (χ4n) is 2.02. The maximum atomic E-state index is 11.0. The molecule has 1 amide bonds. The first-order valence-corrected chi connectivity index (χ1v) is 7.31. The maximum Gasteiger partial charge on any atom is 0.248 e. The third-order valence-electron chi connectivity index (χ3n) is 2.99. The zero-order chi connectivity index (χ0) is 14.4. The minimum absolute atomic E-state index is 0.391. The Kier molecular flexibility index (Phi) is 5.09. The van der Waals surface area contributed by atoms with Gasteiger partial charge in [-0.3, -0.25) is 9.69 Å². The zero-order valence-corrected chi connectivity index (χ0v) is 12.1. The van der Waals surface area contributed by atoms with E-state index in [1.165, 1.54) is 4.88 Å². The van der Waals surface area contributed by atoms with Gasteiger partial charge in [0.1, 0.15) is 0 Å². The average Bonchev–Trinajstić information content (AvgIpc) is 2.92. The van der Waals surface area contributed by atoms with Crippen LogP contribution in [0.15, 0.2) is 54.4 Å². The number of thiophene rings is 1. The van der Waals surface area contributed by atoms with Gasteiger partial charge in [-0.05, 0) is 29.1 Å². The highest BCUT2D eigenvalue weighted by Gasteiger charge is 2.07. The molecule has 0 unspecified atom stereocenters. The van der Waals surface area contributed by atoms with Gasteiger partial charge in [-0.1, -0.05) is 24.3 Å². The Balaban J connectivity index is 2.03. The average molecular weight is 286 g/mol. The Labute approximate surface area is 123 Å². The predicted molar refractivity (Wildman–Crippen MR) is 83.6 cm³/mol. The molecule has 0 fully saturated rings. The lowest BCUT2D eigenvalue weighted by atomic mass is 10.1. The van der Waals surface area contributed by atoms with E-state index >= 15 is 0 Å². The Bertz CT molecular complexity index is 561. The second-order valence-electron chi connectivity index (χ2n) is 4.60. The molecule has 0 aliphatic rings. The second kappa shape index (κ2) is 7.03. The molecule has 1 heterocycles. The smallest absolute Gasteiger partial charge is 0.248 e. The Morgan fingerprint density at radius 3 is 2.55 bits per heavy atom. The predicted octanol–water partition coefficient (Wildman–Crippen LogP) is 3.04. The van der Waals surface area contributed by atoms with Gasteiger partial charge in [0.25, 0.3) is 0 Å². The van der Waals surface area contributed by atoms with Crippen LogP contribution in [0.3, 0.4) is 0 Å². The van der Waals surface area contributed by atoms with Crippen molar-refractivity contribution < 1.29 is 4.79 Å². The summed E-state index contributed by atoms with van der Waals surface area (Å²) in [6, 6.07) is 11.6. The van der Waals surface area contributed by atoms with Crippen molar-refractivity contribution in [1.82, 2.24) is 4.90 Å². The zero-order valence-electron chi connectivity index (χ0n) is 11.3. The molecule has 2 aromatic rings. The Morgan fingerprint density at radius 2 is 2.00 bits per heavy atom. The minimum atomic E-state index is -0.391. The quantitative estimate of drug-likeness (QED) is 0.795. The van der Waals surface area contributed by atoms with Crippen LogP contribution in [0.4, 0.5) is 0 Å². The number of hydrogen-bond donors (Lipinski definition) is 1. The lowest BCUT2D eigenvalue weighted by molar-refractivity contribution is 0.100. The lowest BCUT2D eigenvalue weighted by Gasteiger charge is -2.20. The lowest BCUT2D eigenvalue weighted by Crippen LogP contribution is -2.22. The fraction of sp³-hybridized carbons (Fsp3) is 0.188. The third kappa shape index (κ3) is 4.05. The number of carbonyl (C=O) groups is 1. The summed E-state index contributed by atoms with van der Waals surface area (Å²) in [5, 5.41) is 2.09. The molecular weight excluding hydrogens is 268 g/mol. The number of hydrogen-bond acceptors (Lipinski definition) is 3. The Hall–Kier alpha value is -1.91. The van der Waals surface area contributed by atoms with Gasteiger partial charge in [-0.15, -0.1) is 17.9 Å². The van der Waals surface area contributed by atoms with Crippen molar-refractivity contribution in [3.63, 3.8) is 0 Å². The number of carbonyl (C=O) groups excluding carboxylic acids is 1. The van der Waals surface area contributed by atoms with Crippen LogP contribution in [0.25, 0.3) is 0 Å². The summed E-state index contributed by atoms with van der Waals surface area (Å²) in [7, 11) is 0. The van der Waals surface area contributed by atoms with Gasteiger partial charge >= 0.3 is 0 Å². The van der Waals surface area contributed by atoms with Crippen molar-refractivity contribution in [2.45, 2.75) is 13.1 Å². The van der Waals surface area contributed by atoms with Crippen LogP contribution in [0.2, 0.25) is 0 Å². The third-order valence-corrected chi connectivity index (χ3v) is 3.85. The van der Waals surface area contributed by atoms with Crippen LogP contribution in [-0.4, -0.2) is 17.4 Å². The van der Waals surface area contributed by atoms with E-state index in [2.05, 4.69) is 29.0 Å². The van der Waals surface area contributed by atoms with Crippen LogP contribution in [-0.2, 0) is 13.1 Å². The van der Waals surface area contributed by atoms with Crippen molar-refractivity contribution in [3.8, 4) is 0 Å². The summed E-state index contributed by atoms with van der Waals surface area (Å²) in [4.78, 5) is 14.7. The largest absolute Gasteiger partial charge is 0.366 e. The second-order valence-corrected chi connectivity index (χ2v) is 5.63. The molecule has 0 spiro atoms. The van der Waals surface area contributed by atoms with Crippen LogP contribution >= 0.6 is 11.3 Å². The number of amides is 1. The number of benzene rings is 1. The van der Waals surface area contributed by atoms with Crippen molar-refractivity contribution in [1.29, 1.82) is 0 Å². The van der Waals surface area contributed by atoms with Crippen LogP contribution in [0.1, 0.15) is 20.8 Å². The summed E-state index contributed by atoms with van der Waals surface area (Å²) >= 11 is 1.76. The van der Waals surface area contributed by atoms with E-state index in [1.807, 2.05) is 18.2 Å². The van der Waals surface area contributed by atoms with Crippen LogP contribution in [0.5, 0.6) is 0 Å². The summed E-state index contributed by atoms with van der Waals surface area (Å²) in [5.41, 5.74) is 6.95. The van der Waals surface area contributed by atoms with Crippen LogP contribution < -0.4 is 5.73 Å². The van der Waals surface area contributed by atoms with E-state index in [-0.39, 0.29) is 0 Å². The molecule has 2 N–H and O–H groups in total. The molecule has 104 valence electrons. The van der Waals surface area contributed by atoms with Gasteiger partial charge in [-0.25, -0.2) is 0 Å². The molecule has 3 nitrogen and oxygen atoms in total. The van der Waals surface area contributed by atoms with Gasteiger partial charge in [0, 0.05) is 30.1 Å². The first-order valence-electron chi connectivity index (χ1n) is 6.43. The van der Waals surface area contributed by atoms with Gasteiger partial charge in [0.05, 0.1) is 0 Å². The van der Waals surface area contributed by atoms with Gasteiger partial charge in [-0.2, -0.15) is 0 Å². The number of primary amides is 1. The highest BCUT2D eigenvalue weighted by Crippen LogP contribution is 2.14. The monoisotopic (exact) mass is 286 g/mol. The highest BCUT2D eigenvalue weighted by atomic mass is 32.1. The van der Waals surface area contributed by atoms with E-state index in [0.29, 0.717) is 5.56 Å². The molecule has 0 aliphatic carbocycles. The summed E-state index contributed by atoms with van der Waals surface area (Å²) < 4.78 is 0. The number of rotatable bonds is 7. The van der Waals surface area contributed by atoms with Crippen molar-refractivity contribution in [3.05, 3.63) is 70.4 Å². The summed E-state index contributed by atoms with van der Waals surface area (Å²) in [6.07, 6.45) is 1.91. The summed E-state index contributed by atoms with van der Waals surface area (Å²) in [5.74, 6) is -0.391. The molecule has 2 rings (SSSR count). The maximum absolute atomic E-state index is 11.0. The standard InChI is InChI=1S/C16H18N2OS/c1-2-9-18(12-15-4-3-10-20-15)11-13-5-7-14(8-6-13)16(17)19/h2-8,10H,1,9,11-12H2,(H2,17,19). The summed E-state index contributed by atoms with van der Waals surface area (Å²) in [6.45, 7) is 6.36. The van der Waals surface area contributed by atoms with E-state index in [1.54, 1.807) is 23.5 Å². The molecular formula is C16H18N2OS. The number of nitrogens with zero attached hydrogens (tertiary/aromatic N) is 1. The molecule has 20 heavy (non-hydrogen) atoms. The first kappa shape index (κ1) is 14.5. The molecule has 0 radical (unpaired) electrons. The van der Waals surface area contributed by atoms with Crippen molar-refractivity contribution in [2.24, 2.45) is 5.73 Å². The van der Waals surface area contributed by atoms with Gasteiger partial charge in [0.15, 0.2) is 0 Å². The molecule has 1 aromatic heterocycles. The van der Waals surface area contributed by atoms with E-state index in [9.17, 15) is 4.79 Å². The van der Waals surface area contributed by atoms with Crippen molar-refractivity contribution in [2.75, 3.05) is 6.54 Å². The van der Waals surface area contributed by atoms with E-state index < -0.39 is 5.91 Å². The van der Waals surface area contributed by atoms with Crippen LogP contribution in [0, 0.1) is 0 Å². The van der Waals surface area contributed by atoms with E-state index in [0.717, 1.165) is 25.2 Å². The van der Waals surface area contributed by atoms with Gasteiger partial charge < -0.3 is 5.73 Å². The van der Waals surface area contributed by atoms with Crippen molar-refractivity contribution >= 4 is 17.2 Å². The SMILES string of the molecule is C=CCN(Cc1ccc(C(N)=O)cc1)Cc1cccs1. The molecule has 0 saturated carbocycles. The highest BCUT2D eigenvalue weighted by molar-refractivity contribution is 7.09. The normalized spacial score (nSPS) is 10.7. The molecule has 1 aromatic carbocycles. The molecule has 4 heteroatoms. The van der Waals surface area contributed by atoms with Gasteiger partial charge in [0.2, 0.25) is 5.91 Å². The first-order chi connectivity index (χ1) is 9.69. The van der Waals surface area contributed by atoms with E-state index in [4.69, 9.17) is 5.73 Å². The number of nitrogens with two attached hydrogens (primary N) is 1. The topological polar surface area (TPSA) is 46.3 Å². The molecule has 0 bridgehead atoms. The molecule has 0 aliphatic heterocycles. The Morgan fingerprint density at radius 1 is 1.25 bits per heavy atom.